The van der Waals surface area contributed by atoms with E-state index in [0.29, 0.717) is 12.5 Å². The first kappa shape index (κ1) is 11.5. The molecule has 2 unspecified atom stereocenters. The third kappa shape index (κ3) is 2.41. The molecule has 4 nitrogen and oxygen atoms in total. The Hall–Kier alpha value is -0.940. The molecule has 0 bridgehead atoms. The average molecular weight is 239 g/mol. The first-order valence-electron chi connectivity index (χ1n) is 5.61. The number of thiazole rings is 1. The second-order valence-electron chi connectivity index (χ2n) is 4.31. The van der Waals surface area contributed by atoms with Crippen LogP contribution in [0.15, 0.2) is 10.9 Å². The maximum atomic E-state index is 12.1. The second kappa shape index (κ2) is 4.93. The van der Waals surface area contributed by atoms with Gasteiger partial charge in [-0.15, -0.1) is 11.3 Å². The van der Waals surface area contributed by atoms with Crippen LogP contribution in [0.25, 0.3) is 0 Å². The highest BCUT2D eigenvalue weighted by atomic mass is 32.1. The lowest BCUT2D eigenvalue weighted by Gasteiger charge is -2.24. The maximum Gasteiger partial charge on any atom is 0.240 e. The van der Waals surface area contributed by atoms with Crippen molar-refractivity contribution in [3.05, 3.63) is 16.6 Å². The Balaban J connectivity index is 1.94. The van der Waals surface area contributed by atoms with Crippen LogP contribution in [-0.2, 0) is 11.2 Å². The number of amides is 1. The minimum absolute atomic E-state index is 0.0676. The molecule has 1 aromatic heterocycles. The molecule has 2 atom stereocenters. The van der Waals surface area contributed by atoms with E-state index in [1.54, 1.807) is 5.51 Å². The van der Waals surface area contributed by atoms with Crippen LogP contribution in [-0.4, -0.2) is 34.4 Å². The molecule has 0 radical (unpaired) electrons. The molecule has 2 heterocycles. The number of nitrogens with zero attached hydrogens (tertiary/aromatic N) is 2. The van der Waals surface area contributed by atoms with Gasteiger partial charge in [-0.05, 0) is 19.8 Å². The molecule has 1 aliphatic heterocycles. The van der Waals surface area contributed by atoms with Crippen molar-refractivity contribution in [3.63, 3.8) is 0 Å². The molecule has 1 amide bonds. The molecular formula is C11H17N3OS. The molecule has 0 aromatic carbocycles. The average Bonchev–Trinajstić information content (AvgIpc) is 2.88. The van der Waals surface area contributed by atoms with Gasteiger partial charge in [0.15, 0.2) is 0 Å². The van der Waals surface area contributed by atoms with Gasteiger partial charge < -0.3 is 10.6 Å². The molecule has 16 heavy (non-hydrogen) atoms. The van der Waals surface area contributed by atoms with Gasteiger partial charge in [0, 0.05) is 24.4 Å². The summed E-state index contributed by atoms with van der Waals surface area (Å²) in [7, 11) is 0. The number of aromatic nitrogens is 1. The minimum Gasteiger partial charge on any atom is -0.339 e. The van der Waals surface area contributed by atoms with Crippen LogP contribution >= 0.6 is 11.3 Å². The van der Waals surface area contributed by atoms with Gasteiger partial charge in [-0.25, -0.2) is 4.98 Å². The summed E-state index contributed by atoms with van der Waals surface area (Å²) >= 11 is 1.53. The number of nitrogens with two attached hydrogens (primary N) is 1. The smallest absolute Gasteiger partial charge is 0.240 e. The zero-order valence-corrected chi connectivity index (χ0v) is 10.2. The summed E-state index contributed by atoms with van der Waals surface area (Å²) in [6.45, 7) is 2.94. The van der Waals surface area contributed by atoms with E-state index in [-0.39, 0.29) is 5.91 Å². The lowest BCUT2D eigenvalue weighted by Crippen LogP contribution is -2.46. The minimum atomic E-state index is -0.442. The standard InChI is InChI=1S/C11H17N3OS/c1-8-3-2-4-14(8)11(15)10(12)5-9-6-16-7-13-9/h6-8,10H,2-5,12H2,1H3. The molecule has 5 heteroatoms. The summed E-state index contributed by atoms with van der Waals surface area (Å²) in [5, 5.41) is 1.94. The van der Waals surface area contributed by atoms with Crippen LogP contribution < -0.4 is 5.73 Å². The fourth-order valence-electron chi connectivity index (χ4n) is 2.12. The van der Waals surface area contributed by atoms with Crippen LogP contribution in [0.5, 0.6) is 0 Å². The highest BCUT2D eigenvalue weighted by molar-refractivity contribution is 7.07. The van der Waals surface area contributed by atoms with Crippen molar-refractivity contribution < 1.29 is 4.79 Å². The summed E-state index contributed by atoms with van der Waals surface area (Å²) in [5.74, 6) is 0.0676. The van der Waals surface area contributed by atoms with Gasteiger partial charge in [-0.1, -0.05) is 0 Å². The zero-order valence-electron chi connectivity index (χ0n) is 9.43. The molecular weight excluding hydrogens is 222 g/mol. The largest absolute Gasteiger partial charge is 0.339 e. The number of hydrogen-bond donors (Lipinski definition) is 1. The summed E-state index contributed by atoms with van der Waals surface area (Å²) in [5.41, 5.74) is 8.61. The normalized spacial score (nSPS) is 22.4. The van der Waals surface area contributed by atoms with Gasteiger partial charge >= 0.3 is 0 Å². The molecule has 88 valence electrons. The van der Waals surface area contributed by atoms with Crippen molar-refractivity contribution in [3.8, 4) is 0 Å². The molecule has 1 saturated heterocycles. The highest BCUT2D eigenvalue weighted by Gasteiger charge is 2.28. The van der Waals surface area contributed by atoms with E-state index >= 15 is 0 Å². The Morgan fingerprint density at radius 3 is 3.19 bits per heavy atom. The van der Waals surface area contributed by atoms with Crippen molar-refractivity contribution in [2.45, 2.75) is 38.3 Å². The van der Waals surface area contributed by atoms with Gasteiger partial charge in [-0.3, -0.25) is 4.79 Å². The van der Waals surface area contributed by atoms with Gasteiger partial charge in [0.05, 0.1) is 17.2 Å². The summed E-state index contributed by atoms with van der Waals surface area (Å²) in [6, 6.07) is -0.100. The fraction of sp³-hybridized carbons (Fsp3) is 0.636. The van der Waals surface area contributed by atoms with Crippen LogP contribution in [0, 0.1) is 0 Å². The van der Waals surface area contributed by atoms with Gasteiger partial charge in [0.25, 0.3) is 0 Å². The molecule has 2 N–H and O–H groups in total. The first-order chi connectivity index (χ1) is 7.68. The van der Waals surface area contributed by atoms with Crippen LogP contribution in [0.1, 0.15) is 25.5 Å². The summed E-state index contributed by atoms with van der Waals surface area (Å²) < 4.78 is 0. The molecule has 1 aromatic rings. The molecule has 1 aliphatic rings. The van der Waals surface area contributed by atoms with Crippen molar-refractivity contribution in [1.82, 2.24) is 9.88 Å². The zero-order chi connectivity index (χ0) is 11.5. The summed E-state index contributed by atoms with van der Waals surface area (Å²) in [4.78, 5) is 18.1. The predicted molar refractivity (Wildman–Crippen MR) is 64.2 cm³/mol. The van der Waals surface area contributed by atoms with Crippen molar-refractivity contribution >= 4 is 17.2 Å². The van der Waals surface area contributed by atoms with Gasteiger partial charge in [0.2, 0.25) is 5.91 Å². The van der Waals surface area contributed by atoms with E-state index < -0.39 is 6.04 Å². The molecule has 2 rings (SSSR count). The monoisotopic (exact) mass is 239 g/mol. The Kier molecular flexibility index (Phi) is 3.56. The van der Waals surface area contributed by atoms with Gasteiger partial charge in [0.1, 0.15) is 0 Å². The maximum absolute atomic E-state index is 12.1. The Bertz CT molecular complexity index is 352. The molecule has 0 aliphatic carbocycles. The van der Waals surface area contributed by atoms with Gasteiger partial charge in [-0.2, -0.15) is 0 Å². The Morgan fingerprint density at radius 1 is 1.81 bits per heavy atom. The summed E-state index contributed by atoms with van der Waals surface area (Å²) in [6.07, 6.45) is 2.73. The van der Waals surface area contributed by atoms with E-state index in [9.17, 15) is 4.79 Å². The van der Waals surface area contributed by atoms with E-state index in [0.717, 1.165) is 25.1 Å². The lowest BCUT2D eigenvalue weighted by molar-refractivity contribution is -0.133. The molecule has 1 fully saturated rings. The number of carbonyl (C=O) groups excluding carboxylic acids is 1. The predicted octanol–water partition coefficient (Wildman–Crippen LogP) is 1.02. The molecule has 0 spiro atoms. The SMILES string of the molecule is CC1CCCN1C(=O)C(N)Cc1cscn1. The van der Waals surface area contributed by atoms with Crippen molar-refractivity contribution in [2.75, 3.05) is 6.54 Å². The quantitative estimate of drug-likeness (QED) is 0.857. The Labute approximate surface area is 99.5 Å². The fourth-order valence-corrected chi connectivity index (χ4v) is 2.70. The van der Waals surface area contributed by atoms with E-state index in [2.05, 4.69) is 11.9 Å². The second-order valence-corrected chi connectivity index (χ2v) is 5.03. The van der Waals surface area contributed by atoms with E-state index in [1.807, 2.05) is 10.3 Å². The number of likely N-dealkylation sites (tertiary alicyclic amines) is 1. The lowest BCUT2D eigenvalue weighted by atomic mass is 10.1. The third-order valence-corrected chi connectivity index (χ3v) is 3.70. The highest BCUT2D eigenvalue weighted by Crippen LogP contribution is 2.17. The van der Waals surface area contributed by atoms with Crippen molar-refractivity contribution in [2.24, 2.45) is 5.73 Å². The topological polar surface area (TPSA) is 59.2 Å². The molecule has 0 saturated carbocycles. The van der Waals surface area contributed by atoms with Crippen molar-refractivity contribution in [1.29, 1.82) is 0 Å². The first-order valence-corrected chi connectivity index (χ1v) is 6.56. The van der Waals surface area contributed by atoms with Crippen LogP contribution in [0.3, 0.4) is 0 Å². The Morgan fingerprint density at radius 2 is 2.62 bits per heavy atom. The van der Waals surface area contributed by atoms with E-state index in [4.69, 9.17) is 5.73 Å². The number of carbonyl (C=O) groups is 1. The van der Waals surface area contributed by atoms with Crippen LogP contribution in [0.2, 0.25) is 0 Å². The van der Waals surface area contributed by atoms with E-state index in [1.165, 1.54) is 11.3 Å². The third-order valence-electron chi connectivity index (χ3n) is 3.07. The number of rotatable bonds is 3. The van der Waals surface area contributed by atoms with Crippen LogP contribution in [0.4, 0.5) is 0 Å². The number of hydrogen-bond acceptors (Lipinski definition) is 4.